The topological polar surface area (TPSA) is 70.1 Å². The van der Waals surface area contributed by atoms with Gasteiger partial charge >= 0.3 is 0 Å². The fourth-order valence-corrected chi connectivity index (χ4v) is 4.81. The summed E-state index contributed by atoms with van der Waals surface area (Å²) in [6.45, 7) is 10.0. The smallest absolute Gasteiger partial charge is 0.295 e. The molecule has 172 valence electrons. The average Bonchev–Trinajstić information content (AvgIpc) is 3.42. The summed E-state index contributed by atoms with van der Waals surface area (Å²) in [5.74, 6) is -0.724. The molecule has 1 fully saturated rings. The van der Waals surface area contributed by atoms with E-state index < -0.39 is 17.7 Å². The zero-order valence-electron chi connectivity index (χ0n) is 19.0. The Labute approximate surface area is 194 Å². The summed E-state index contributed by atoms with van der Waals surface area (Å²) in [5.41, 5.74) is 0.620. The number of rotatable bonds is 11. The molecular weight excluding hydrogens is 424 g/mol. The molecule has 1 atom stereocenters. The van der Waals surface area contributed by atoms with Gasteiger partial charge in [-0.3, -0.25) is 9.59 Å². The van der Waals surface area contributed by atoms with Crippen molar-refractivity contribution in [1.82, 2.24) is 9.80 Å². The van der Waals surface area contributed by atoms with Gasteiger partial charge in [0.25, 0.3) is 11.7 Å². The van der Waals surface area contributed by atoms with E-state index in [1.807, 2.05) is 30.5 Å². The quantitative estimate of drug-likeness (QED) is 0.302. The Kier molecular flexibility index (Phi) is 8.47. The van der Waals surface area contributed by atoms with E-state index in [0.29, 0.717) is 24.5 Å². The van der Waals surface area contributed by atoms with Gasteiger partial charge in [-0.05, 0) is 56.1 Å². The van der Waals surface area contributed by atoms with Gasteiger partial charge in [0.1, 0.15) is 11.5 Å². The van der Waals surface area contributed by atoms with Crippen molar-refractivity contribution in [2.45, 2.75) is 39.7 Å². The van der Waals surface area contributed by atoms with Gasteiger partial charge in [-0.25, -0.2) is 0 Å². The number of amides is 1. The van der Waals surface area contributed by atoms with Crippen LogP contribution < -0.4 is 4.74 Å². The minimum atomic E-state index is -0.636. The molecule has 1 aromatic carbocycles. The zero-order chi connectivity index (χ0) is 23.1. The Morgan fingerprint density at radius 3 is 2.59 bits per heavy atom. The van der Waals surface area contributed by atoms with Gasteiger partial charge in [0, 0.05) is 17.0 Å². The van der Waals surface area contributed by atoms with E-state index in [-0.39, 0.29) is 11.3 Å². The van der Waals surface area contributed by atoms with Crippen molar-refractivity contribution in [3.05, 3.63) is 57.8 Å². The van der Waals surface area contributed by atoms with Gasteiger partial charge in [0.2, 0.25) is 0 Å². The molecule has 1 aliphatic heterocycles. The highest BCUT2D eigenvalue weighted by molar-refractivity contribution is 7.10. The molecule has 1 unspecified atom stereocenters. The molecule has 1 aromatic heterocycles. The summed E-state index contributed by atoms with van der Waals surface area (Å²) in [6, 6.07) is 10.3. The Bertz CT molecular complexity index is 951. The number of Topliss-reactive ketones (excluding diaryl/α,β-unsaturated/α-hetero) is 1. The summed E-state index contributed by atoms with van der Waals surface area (Å²) in [4.78, 5) is 30.8. The lowest BCUT2D eigenvalue weighted by molar-refractivity contribution is -0.139. The molecule has 0 spiro atoms. The molecule has 2 heterocycles. The summed E-state index contributed by atoms with van der Waals surface area (Å²) in [6.07, 6.45) is 1.63. The minimum absolute atomic E-state index is 0.146. The highest BCUT2D eigenvalue weighted by Crippen LogP contribution is 2.41. The van der Waals surface area contributed by atoms with Crippen LogP contribution in [0.15, 0.2) is 47.4 Å². The van der Waals surface area contributed by atoms with Gasteiger partial charge in [-0.15, -0.1) is 11.3 Å². The maximum atomic E-state index is 13.1. The molecule has 3 rings (SSSR count). The van der Waals surface area contributed by atoms with Crippen LogP contribution in [0.4, 0.5) is 0 Å². The number of aliphatic hydroxyl groups is 1. The van der Waals surface area contributed by atoms with Crippen LogP contribution >= 0.6 is 11.3 Å². The molecule has 7 heteroatoms. The number of hydrogen-bond donors (Lipinski definition) is 1. The predicted molar refractivity (Wildman–Crippen MR) is 128 cm³/mol. The number of ketones is 1. The van der Waals surface area contributed by atoms with Crippen LogP contribution in [-0.2, 0) is 9.59 Å². The van der Waals surface area contributed by atoms with E-state index in [9.17, 15) is 14.7 Å². The van der Waals surface area contributed by atoms with E-state index >= 15 is 0 Å². The van der Waals surface area contributed by atoms with Crippen molar-refractivity contribution in [2.75, 3.05) is 32.8 Å². The highest BCUT2D eigenvalue weighted by Gasteiger charge is 2.46. The molecule has 0 aliphatic carbocycles. The van der Waals surface area contributed by atoms with Crippen molar-refractivity contribution in [2.24, 2.45) is 0 Å². The van der Waals surface area contributed by atoms with E-state index in [2.05, 4.69) is 18.7 Å². The molecular formula is C25H32N2O4S. The number of aliphatic hydroxyl groups excluding tert-OH is 1. The van der Waals surface area contributed by atoms with Gasteiger partial charge in [0.15, 0.2) is 0 Å². The highest BCUT2D eigenvalue weighted by atomic mass is 32.1. The lowest BCUT2D eigenvalue weighted by Gasteiger charge is -2.25. The van der Waals surface area contributed by atoms with Crippen LogP contribution in [0.25, 0.3) is 5.76 Å². The number of ether oxygens (including phenoxy) is 1. The zero-order valence-corrected chi connectivity index (χ0v) is 19.9. The molecule has 0 bridgehead atoms. The van der Waals surface area contributed by atoms with Crippen LogP contribution in [0.3, 0.4) is 0 Å². The third-order valence-corrected chi connectivity index (χ3v) is 6.63. The first-order valence-corrected chi connectivity index (χ1v) is 12.2. The molecule has 1 N–H and O–H groups in total. The Morgan fingerprint density at radius 2 is 1.94 bits per heavy atom. The van der Waals surface area contributed by atoms with Crippen molar-refractivity contribution < 1.29 is 19.4 Å². The van der Waals surface area contributed by atoms with Gasteiger partial charge in [-0.2, -0.15) is 0 Å². The summed E-state index contributed by atoms with van der Waals surface area (Å²) >= 11 is 1.48. The van der Waals surface area contributed by atoms with Gasteiger partial charge in [-0.1, -0.05) is 39.0 Å². The lowest BCUT2D eigenvalue weighted by Crippen LogP contribution is -2.33. The second-order valence-corrected chi connectivity index (χ2v) is 8.74. The average molecular weight is 457 g/mol. The van der Waals surface area contributed by atoms with Crippen LogP contribution in [0, 0.1) is 0 Å². The fraction of sp³-hybridized carbons (Fsp3) is 0.440. The van der Waals surface area contributed by atoms with Crippen molar-refractivity contribution in [3.8, 4) is 5.75 Å². The third kappa shape index (κ3) is 5.22. The van der Waals surface area contributed by atoms with E-state index in [1.165, 1.54) is 11.3 Å². The largest absolute Gasteiger partial charge is 0.507 e. The second kappa shape index (κ2) is 11.3. The molecule has 0 radical (unpaired) electrons. The summed E-state index contributed by atoms with van der Waals surface area (Å²) < 4.78 is 5.67. The molecule has 1 amide bonds. The first kappa shape index (κ1) is 24.0. The van der Waals surface area contributed by atoms with E-state index in [4.69, 9.17) is 4.74 Å². The van der Waals surface area contributed by atoms with Crippen LogP contribution in [0.2, 0.25) is 0 Å². The fourth-order valence-electron chi connectivity index (χ4n) is 3.97. The number of hydrogen-bond acceptors (Lipinski definition) is 6. The van der Waals surface area contributed by atoms with Crippen LogP contribution in [0.5, 0.6) is 5.75 Å². The Morgan fingerprint density at radius 1 is 1.16 bits per heavy atom. The Balaban J connectivity index is 1.95. The number of nitrogens with zero attached hydrogens (tertiary/aromatic N) is 2. The van der Waals surface area contributed by atoms with Crippen molar-refractivity contribution in [1.29, 1.82) is 0 Å². The van der Waals surface area contributed by atoms with E-state index in [0.717, 1.165) is 37.4 Å². The number of thiophene rings is 1. The number of carbonyl (C=O) groups is 2. The molecule has 0 saturated carbocycles. The number of carbonyl (C=O) groups excluding carboxylic acids is 2. The maximum Gasteiger partial charge on any atom is 0.295 e. The summed E-state index contributed by atoms with van der Waals surface area (Å²) in [5, 5.41) is 13.1. The van der Waals surface area contributed by atoms with Crippen molar-refractivity contribution in [3.63, 3.8) is 0 Å². The third-order valence-electron chi connectivity index (χ3n) is 5.70. The van der Waals surface area contributed by atoms with Gasteiger partial charge in [0.05, 0.1) is 18.2 Å². The summed E-state index contributed by atoms with van der Waals surface area (Å²) in [7, 11) is 0. The number of likely N-dealkylation sites (tertiary alicyclic amines) is 1. The molecule has 1 saturated heterocycles. The maximum absolute atomic E-state index is 13.1. The second-order valence-electron chi connectivity index (χ2n) is 7.76. The monoisotopic (exact) mass is 456 g/mol. The van der Waals surface area contributed by atoms with Crippen LogP contribution in [-0.4, -0.2) is 59.4 Å². The molecule has 1 aliphatic rings. The first-order chi connectivity index (χ1) is 15.5. The Hall–Kier alpha value is -2.64. The predicted octanol–water partition coefficient (Wildman–Crippen LogP) is 4.69. The van der Waals surface area contributed by atoms with Crippen molar-refractivity contribution >= 4 is 28.8 Å². The first-order valence-electron chi connectivity index (χ1n) is 11.3. The number of benzene rings is 1. The van der Waals surface area contributed by atoms with Crippen LogP contribution in [0.1, 0.15) is 50.1 Å². The minimum Gasteiger partial charge on any atom is -0.507 e. The van der Waals surface area contributed by atoms with E-state index in [1.54, 1.807) is 23.1 Å². The molecule has 32 heavy (non-hydrogen) atoms. The SMILES string of the molecule is CCCOc1cccc(C(O)=C2C(=O)C(=O)N(CCCN(CC)CC)C2c2cccs2)c1. The lowest BCUT2D eigenvalue weighted by atomic mass is 9.99. The standard InChI is InChI=1S/C25H32N2O4S/c1-4-15-31-19-11-7-10-18(17-19)23(28)21-22(20-12-8-16-32-20)27(25(30)24(21)29)14-9-13-26(5-2)6-3/h7-8,10-12,16-17,22,28H,4-6,9,13-15H2,1-3H3. The normalized spacial score (nSPS) is 18.0. The molecule has 2 aromatic rings. The van der Waals surface area contributed by atoms with Gasteiger partial charge < -0.3 is 19.6 Å². The molecule has 6 nitrogen and oxygen atoms in total.